The molecule has 1 aromatic carbocycles. The first kappa shape index (κ1) is 12.9. The zero-order chi connectivity index (χ0) is 13.8. The number of para-hydroxylation sites is 1. The Labute approximate surface area is 119 Å². The molecule has 0 aliphatic carbocycles. The third-order valence-corrected chi connectivity index (χ3v) is 3.87. The van der Waals surface area contributed by atoms with Gasteiger partial charge in [-0.15, -0.1) is 0 Å². The molecule has 3 rings (SSSR count). The molecule has 0 bridgehead atoms. The van der Waals surface area contributed by atoms with E-state index in [0.29, 0.717) is 5.69 Å². The second-order valence-corrected chi connectivity index (χ2v) is 5.13. The quantitative estimate of drug-likeness (QED) is 0.864. The average molecular weight is 269 g/mol. The Hall–Kier alpha value is -2.07. The highest BCUT2D eigenvalue weighted by atomic mass is 16.1. The summed E-state index contributed by atoms with van der Waals surface area (Å²) in [6.07, 6.45) is 2.73. The highest BCUT2D eigenvalue weighted by Gasteiger charge is 2.18. The summed E-state index contributed by atoms with van der Waals surface area (Å²) in [5.74, 6) is 0. The predicted molar refractivity (Wildman–Crippen MR) is 80.1 cm³/mol. The van der Waals surface area contributed by atoms with Crippen molar-refractivity contribution < 1.29 is 4.79 Å². The van der Waals surface area contributed by atoms with Gasteiger partial charge < -0.3 is 9.88 Å². The first-order valence-electron chi connectivity index (χ1n) is 7.00. The molecule has 20 heavy (non-hydrogen) atoms. The number of nitrogens with zero attached hydrogens (tertiary/aromatic N) is 2. The van der Waals surface area contributed by atoms with Crippen molar-refractivity contribution in [2.45, 2.75) is 6.54 Å². The van der Waals surface area contributed by atoms with Crippen molar-refractivity contribution in [2.24, 2.45) is 0 Å². The van der Waals surface area contributed by atoms with Crippen molar-refractivity contribution >= 4 is 12.0 Å². The Morgan fingerprint density at radius 1 is 1.05 bits per heavy atom. The van der Waals surface area contributed by atoms with Gasteiger partial charge in [0.1, 0.15) is 0 Å². The fourth-order valence-corrected chi connectivity index (χ4v) is 2.71. The second-order valence-electron chi connectivity index (χ2n) is 5.13. The summed E-state index contributed by atoms with van der Waals surface area (Å²) in [5, 5.41) is 0. The Kier molecular flexibility index (Phi) is 3.83. The summed E-state index contributed by atoms with van der Waals surface area (Å²) in [6, 6.07) is 12.5. The number of carbonyl (C=O) groups excluding carboxylic acids is 1. The first-order valence-corrected chi connectivity index (χ1v) is 7.00. The number of nitrogens with one attached hydrogen (secondary N) is 1. The van der Waals surface area contributed by atoms with E-state index in [1.807, 2.05) is 18.3 Å². The van der Waals surface area contributed by atoms with Crippen LogP contribution >= 0.6 is 0 Å². The number of aromatic nitrogens is 1. The smallest absolute Gasteiger partial charge is 0.166 e. The maximum Gasteiger partial charge on any atom is 0.166 e. The van der Waals surface area contributed by atoms with E-state index in [4.69, 9.17) is 0 Å². The van der Waals surface area contributed by atoms with Crippen LogP contribution in [-0.2, 0) is 6.54 Å². The van der Waals surface area contributed by atoms with E-state index in [2.05, 4.69) is 39.0 Å². The number of piperazine rings is 1. The minimum atomic E-state index is 0.704. The van der Waals surface area contributed by atoms with Crippen molar-refractivity contribution in [3.63, 3.8) is 0 Å². The van der Waals surface area contributed by atoms with Gasteiger partial charge >= 0.3 is 0 Å². The summed E-state index contributed by atoms with van der Waals surface area (Å²) in [6.45, 7) is 4.96. The maximum atomic E-state index is 10.9. The summed E-state index contributed by atoms with van der Waals surface area (Å²) in [5.41, 5.74) is 3.09. The first-order chi connectivity index (χ1) is 9.86. The fraction of sp³-hybridized carbons (Fsp3) is 0.312. The van der Waals surface area contributed by atoms with Gasteiger partial charge in [-0.3, -0.25) is 9.69 Å². The number of H-pyrrole nitrogens is 1. The molecule has 1 aromatic heterocycles. The lowest BCUT2D eigenvalue weighted by Crippen LogP contribution is -2.46. The highest BCUT2D eigenvalue weighted by Crippen LogP contribution is 2.17. The van der Waals surface area contributed by atoms with Gasteiger partial charge in [-0.05, 0) is 23.8 Å². The van der Waals surface area contributed by atoms with E-state index in [1.54, 1.807) is 0 Å². The summed E-state index contributed by atoms with van der Waals surface area (Å²) in [4.78, 5) is 18.7. The molecule has 0 atom stereocenters. The van der Waals surface area contributed by atoms with E-state index < -0.39 is 0 Å². The molecule has 1 N–H and O–H groups in total. The maximum absolute atomic E-state index is 10.9. The van der Waals surface area contributed by atoms with E-state index in [0.717, 1.165) is 44.6 Å². The Morgan fingerprint density at radius 2 is 1.80 bits per heavy atom. The number of aldehydes is 1. The lowest BCUT2D eigenvalue weighted by Gasteiger charge is -2.36. The molecule has 1 saturated heterocycles. The second kappa shape index (κ2) is 5.92. The third-order valence-electron chi connectivity index (χ3n) is 3.87. The monoisotopic (exact) mass is 269 g/mol. The topological polar surface area (TPSA) is 39.3 Å². The van der Waals surface area contributed by atoms with E-state index in [9.17, 15) is 4.79 Å². The van der Waals surface area contributed by atoms with Crippen molar-refractivity contribution in [2.75, 3.05) is 31.1 Å². The van der Waals surface area contributed by atoms with E-state index >= 15 is 0 Å². The molecule has 0 spiro atoms. The number of anilines is 1. The average Bonchev–Trinajstić information content (AvgIpc) is 2.96. The number of hydrogen-bond donors (Lipinski definition) is 1. The van der Waals surface area contributed by atoms with Crippen molar-refractivity contribution in [1.29, 1.82) is 0 Å². The van der Waals surface area contributed by atoms with E-state index in [-0.39, 0.29) is 0 Å². The number of benzene rings is 1. The normalized spacial score (nSPS) is 16.3. The molecule has 1 aliphatic rings. The Balaban J connectivity index is 1.58. The molecule has 4 nitrogen and oxygen atoms in total. The zero-order valence-electron chi connectivity index (χ0n) is 11.5. The Morgan fingerprint density at radius 3 is 2.50 bits per heavy atom. The number of carbonyl (C=O) groups is 1. The van der Waals surface area contributed by atoms with Crippen LogP contribution in [0, 0.1) is 0 Å². The minimum absolute atomic E-state index is 0.704. The van der Waals surface area contributed by atoms with Crippen LogP contribution in [0.3, 0.4) is 0 Å². The van der Waals surface area contributed by atoms with Crippen LogP contribution in [0.2, 0.25) is 0 Å². The molecule has 2 aromatic rings. The zero-order valence-corrected chi connectivity index (χ0v) is 11.5. The molecule has 0 radical (unpaired) electrons. The fourth-order valence-electron chi connectivity index (χ4n) is 2.71. The predicted octanol–water partition coefficient (Wildman–Crippen LogP) is 2.15. The van der Waals surface area contributed by atoms with Gasteiger partial charge in [0.25, 0.3) is 0 Å². The highest BCUT2D eigenvalue weighted by molar-refractivity contribution is 5.74. The molecule has 0 amide bonds. The largest absolute Gasteiger partial charge is 0.369 e. The van der Waals surface area contributed by atoms with Crippen LogP contribution in [0.1, 0.15) is 16.1 Å². The van der Waals surface area contributed by atoms with Gasteiger partial charge in [0, 0.05) is 44.6 Å². The van der Waals surface area contributed by atoms with Gasteiger partial charge in [-0.1, -0.05) is 18.2 Å². The summed E-state index contributed by atoms with van der Waals surface area (Å²) < 4.78 is 0. The molecule has 1 aliphatic heterocycles. The Bertz CT molecular complexity index is 556. The van der Waals surface area contributed by atoms with E-state index in [1.165, 1.54) is 5.69 Å². The summed E-state index contributed by atoms with van der Waals surface area (Å²) >= 11 is 0. The molecule has 4 heteroatoms. The third kappa shape index (κ3) is 2.75. The van der Waals surface area contributed by atoms with Gasteiger partial charge in [0.15, 0.2) is 6.29 Å². The molecular weight excluding hydrogens is 250 g/mol. The van der Waals surface area contributed by atoms with Gasteiger partial charge in [-0.25, -0.2) is 0 Å². The van der Waals surface area contributed by atoms with Crippen LogP contribution < -0.4 is 4.90 Å². The van der Waals surface area contributed by atoms with Gasteiger partial charge in [0.05, 0.1) is 5.69 Å². The number of hydrogen-bond acceptors (Lipinski definition) is 3. The molecule has 1 fully saturated rings. The van der Waals surface area contributed by atoms with Crippen molar-refractivity contribution in [3.05, 3.63) is 53.9 Å². The molecule has 0 saturated carbocycles. The number of rotatable bonds is 4. The van der Waals surface area contributed by atoms with Gasteiger partial charge in [0.2, 0.25) is 0 Å². The molecular formula is C16H19N3O. The van der Waals surface area contributed by atoms with Crippen LogP contribution in [-0.4, -0.2) is 42.3 Å². The molecule has 2 heterocycles. The molecule has 104 valence electrons. The van der Waals surface area contributed by atoms with Crippen LogP contribution in [0.25, 0.3) is 0 Å². The molecule has 0 unspecified atom stereocenters. The van der Waals surface area contributed by atoms with Crippen LogP contribution in [0.4, 0.5) is 5.69 Å². The van der Waals surface area contributed by atoms with Crippen LogP contribution in [0.15, 0.2) is 42.6 Å². The minimum Gasteiger partial charge on any atom is -0.369 e. The van der Waals surface area contributed by atoms with Gasteiger partial charge in [-0.2, -0.15) is 0 Å². The van der Waals surface area contributed by atoms with Crippen molar-refractivity contribution in [3.8, 4) is 0 Å². The standard InChI is InChI=1S/C16H19N3O/c20-13-16-14(6-7-17-16)12-18-8-10-19(11-9-18)15-4-2-1-3-5-15/h1-7,13,17H,8-12H2. The number of aromatic amines is 1. The van der Waals surface area contributed by atoms with Crippen LogP contribution in [0.5, 0.6) is 0 Å². The lowest BCUT2D eigenvalue weighted by atomic mass is 10.2. The van der Waals surface area contributed by atoms with Crippen molar-refractivity contribution in [1.82, 2.24) is 9.88 Å². The summed E-state index contributed by atoms with van der Waals surface area (Å²) in [7, 11) is 0. The lowest BCUT2D eigenvalue weighted by molar-refractivity contribution is 0.111. The SMILES string of the molecule is O=Cc1[nH]ccc1CN1CCN(c2ccccc2)CC1.